The van der Waals surface area contributed by atoms with Crippen LogP contribution < -0.4 is 14.8 Å². The Morgan fingerprint density at radius 2 is 1.71 bits per heavy atom. The molecule has 0 heterocycles. The lowest BCUT2D eigenvalue weighted by atomic mass is 10.0. The number of benzene rings is 2. The molecule has 1 unspecified atom stereocenters. The average Bonchev–Trinajstić information content (AvgIpc) is 2.62. The molecular formula is C21H28N2O4S. The zero-order chi connectivity index (χ0) is 21.1. The van der Waals surface area contributed by atoms with E-state index in [-0.39, 0.29) is 22.4 Å². The summed E-state index contributed by atoms with van der Waals surface area (Å²) in [6.07, 6.45) is 0. The summed E-state index contributed by atoms with van der Waals surface area (Å²) in [5.41, 5.74) is 3.16. The molecule has 2 N–H and O–H groups in total. The van der Waals surface area contributed by atoms with Crippen LogP contribution in [0.4, 0.5) is 0 Å². The van der Waals surface area contributed by atoms with Gasteiger partial charge in [-0.2, -0.15) is 0 Å². The molecule has 0 aliphatic rings. The second-order valence-corrected chi connectivity index (χ2v) is 8.91. The van der Waals surface area contributed by atoms with Gasteiger partial charge >= 0.3 is 0 Å². The fourth-order valence-corrected chi connectivity index (χ4v) is 4.21. The average molecular weight is 405 g/mol. The summed E-state index contributed by atoms with van der Waals surface area (Å²) in [5.74, 6) is -0.0637. The van der Waals surface area contributed by atoms with Crippen molar-refractivity contribution in [1.82, 2.24) is 10.0 Å². The topological polar surface area (TPSA) is 84.5 Å². The molecule has 0 saturated carbocycles. The van der Waals surface area contributed by atoms with Gasteiger partial charge in [-0.1, -0.05) is 23.8 Å². The maximum absolute atomic E-state index is 12.9. The Labute approximate surface area is 167 Å². The summed E-state index contributed by atoms with van der Waals surface area (Å²) in [5, 5.41) is 2.76. The lowest BCUT2D eigenvalue weighted by Gasteiger charge is -2.18. The van der Waals surface area contributed by atoms with E-state index in [1.807, 2.05) is 45.9 Å². The summed E-state index contributed by atoms with van der Waals surface area (Å²) in [6, 6.07) is 9.70. The minimum atomic E-state index is -3.83. The maximum atomic E-state index is 12.9. The molecule has 0 fully saturated rings. The van der Waals surface area contributed by atoms with Crippen molar-refractivity contribution in [2.75, 3.05) is 7.11 Å². The van der Waals surface area contributed by atoms with E-state index in [1.165, 1.54) is 25.3 Å². The monoisotopic (exact) mass is 404 g/mol. The van der Waals surface area contributed by atoms with E-state index in [0.29, 0.717) is 5.75 Å². The Balaban J connectivity index is 2.37. The van der Waals surface area contributed by atoms with Crippen molar-refractivity contribution in [2.45, 2.75) is 51.6 Å². The van der Waals surface area contributed by atoms with E-state index in [2.05, 4.69) is 10.0 Å². The van der Waals surface area contributed by atoms with E-state index in [9.17, 15) is 13.2 Å². The summed E-state index contributed by atoms with van der Waals surface area (Å²) in [4.78, 5) is 12.4. The van der Waals surface area contributed by atoms with Gasteiger partial charge in [0.15, 0.2) is 0 Å². The van der Waals surface area contributed by atoms with Crippen LogP contribution in [0.5, 0.6) is 5.75 Å². The van der Waals surface area contributed by atoms with Gasteiger partial charge in [-0.3, -0.25) is 4.79 Å². The Hall–Kier alpha value is -2.38. The van der Waals surface area contributed by atoms with E-state index in [0.717, 1.165) is 16.7 Å². The first-order valence-corrected chi connectivity index (χ1v) is 10.6. The minimum Gasteiger partial charge on any atom is -0.496 e. The smallest absolute Gasteiger partial charge is 0.255 e. The van der Waals surface area contributed by atoms with Gasteiger partial charge in [-0.05, 0) is 63.9 Å². The summed E-state index contributed by atoms with van der Waals surface area (Å²) >= 11 is 0. The molecule has 2 aromatic rings. The molecule has 0 aliphatic heterocycles. The molecule has 152 valence electrons. The predicted octanol–water partition coefficient (Wildman–Crippen LogP) is 3.49. The number of aryl methyl sites for hydroxylation is 2. The molecule has 7 heteroatoms. The van der Waals surface area contributed by atoms with Crippen LogP contribution in [0, 0.1) is 13.8 Å². The lowest BCUT2D eigenvalue weighted by Crippen LogP contribution is -2.31. The number of hydrogen-bond acceptors (Lipinski definition) is 4. The first-order chi connectivity index (χ1) is 13.0. The van der Waals surface area contributed by atoms with Crippen LogP contribution in [0.15, 0.2) is 41.3 Å². The summed E-state index contributed by atoms with van der Waals surface area (Å²) < 4.78 is 33.8. The van der Waals surface area contributed by atoms with Crippen LogP contribution in [0.3, 0.4) is 0 Å². The lowest BCUT2D eigenvalue weighted by molar-refractivity contribution is 0.0940. The fraction of sp³-hybridized carbons (Fsp3) is 0.381. The molecule has 0 radical (unpaired) electrons. The quantitative estimate of drug-likeness (QED) is 0.740. The number of carbonyl (C=O) groups is 1. The van der Waals surface area contributed by atoms with Gasteiger partial charge in [0.1, 0.15) is 5.75 Å². The highest BCUT2D eigenvalue weighted by molar-refractivity contribution is 7.89. The van der Waals surface area contributed by atoms with Crippen molar-refractivity contribution >= 4 is 15.9 Å². The Bertz CT molecular complexity index is 968. The highest BCUT2D eigenvalue weighted by Crippen LogP contribution is 2.25. The second-order valence-electron chi connectivity index (χ2n) is 7.19. The van der Waals surface area contributed by atoms with Gasteiger partial charge in [-0.25, -0.2) is 13.1 Å². The third-order valence-corrected chi connectivity index (χ3v) is 5.92. The number of nitrogens with one attached hydrogen (secondary N) is 2. The van der Waals surface area contributed by atoms with E-state index in [4.69, 9.17) is 4.74 Å². The SMILES string of the molecule is COc1ccc(S(=O)(=O)NC(C)c2cc(C)ccc2C)cc1C(=O)NC(C)C. The van der Waals surface area contributed by atoms with Crippen molar-refractivity contribution < 1.29 is 17.9 Å². The van der Waals surface area contributed by atoms with Crippen LogP contribution in [-0.2, 0) is 10.0 Å². The Kier molecular flexibility index (Phi) is 6.85. The minimum absolute atomic E-state index is 0.0133. The number of hydrogen-bond donors (Lipinski definition) is 2. The molecular weight excluding hydrogens is 376 g/mol. The number of amides is 1. The molecule has 2 aromatic carbocycles. The maximum Gasteiger partial charge on any atom is 0.255 e. The Morgan fingerprint density at radius 3 is 2.32 bits per heavy atom. The van der Waals surface area contributed by atoms with E-state index >= 15 is 0 Å². The Morgan fingerprint density at radius 1 is 1.04 bits per heavy atom. The number of carbonyl (C=O) groups excluding carboxylic acids is 1. The van der Waals surface area contributed by atoms with Crippen molar-refractivity contribution in [2.24, 2.45) is 0 Å². The zero-order valence-electron chi connectivity index (χ0n) is 17.2. The number of sulfonamides is 1. The van der Waals surface area contributed by atoms with Gasteiger partial charge in [0.2, 0.25) is 10.0 Å². The van der Waals surface area contributed by atoms with Crippen molar-refractivity contribution in [3.8, 4) is 5.75 Å². The van der Waals surface area contributed by atoms with Gasteiger partial charge in [-0.15, -0.1) is 0 Å². The highest BCUT2D eigenvalue weighted by Gasteiger charge is 2.23. The number of methoxy groups -OCH3 is 1. The van der Waals surface area contributed by atoms with Crippen LogP contribution in [-0.4, -0.2) is 27.5 Å². The molecule has 0 spiro atoms. The standard InChI is InChI=1S/C21H28N2O4S/c1-13(2)22-21(24)19-12-17(9-10-20(19)27-6)28(25,26)23-16(5)18-11-14(3)7-8-15(18)4/h7-13,16,23H,1-6H3,(H,22,24). The first-order valence-electron chi connectivity index (χ1n) is 9.13. The molecule has 1 atom stereocenters. The first kappa shape index (κ1) is 21.9. The number of rotatable bonds is 7. The van der Waals surface area contributed by atoms with Crippen LogP contribution in [0.1, 0.15) is 53.9 Å². The molecule has 0 aliphatic carbocycles. The molecule has 28 heavy (non-hydrogen) atoms. The van der Waals surface area contributed by atoms with Crippen LogP contribution >= 0.6 is 0 Å². The van der Waals surface area contributed by atoms with Gasteiger partial charge in [0, 0.05) is 12.1 Å². The van der Waals surface area contributed by atoms with Crippen LogP contribution in [0.25, 0.3) is 0 Å². The van der Waals surface area contributed by atoms with Crippen molar-refractivity contribution in [3.63, 3.8) is 0 Å². The zero-order valence-corrected chi connectivity index (χ0v) is 18.0. The molecule has 0 aromatic heterocycles. The third-order valence-electron chi connectivity index (χ3n) is 4.38. The van der Waals surface area contributed by atoms with Gasteiger partial charge in [0.05, 0.1) is 17.6 Å². The molecule has 1 amide bonds. The van der Waals surface area contributed by atoms with Crippen molar-refractivity contribution in [3.05, 3.63) is 58.7 Å². The van der Waals surface area contributed by atoms with Gasteiger partial charge in [0.25, 0.3) is 5.91 Å². The molecule has 2 rings (SSSR count). The van der Waals surface area contributed by atoms with Gasteiger partial charge < -0.3 is 10.1 Å². The molecule has 6 nitrogen and oxygen atoms in total. The largest absolute Gasteiger partial charge is 0.496 e. The fourth-order valence-electron chi connectivity index (χ4n) is 2.96. The molecule has 0 saturated heterocycles. The van der Waals surface area contributed by atoms with E-state index in [1.54, 1.807) is 6.92 Å². The number of ether oxygens (including phenoxy) is 1. The highest BCUT2D eigenvalue weighted by atomic mass is 32.2. The van der Waals surface area contributed by atoms with E-state index < -0.39 is 16.1 Å². The van der Waals surface area contributed by atoms with Crippen molar-refractivity contribution in [1.29, 1.82) is 0 Å². The second kappa shape index (κ2) is 8.75. The summed E-state index contributed by atoms with van der Waals surface area (Å²) in [6.45, 7) is 9.38. The normalized spacial score (nSPS) is 12.7. The van der Waals surface area contributed by atoms with Crippen LogP contribution in [0.2, 0.25) is 0 Å². The summed E-state index contributed by atoms with van der Waals surface area (Å²) in [7, 11) is -2.39. The predicted molar refractivity (Wildman–Crippen MR) is 110 cm³/mol. The third kappa shape index (κ3) is 5.11. The molecule has 0 bridgehead atoms.